The van der Waals surface area contributed by atoms with Crippen LogP contribution >= 0.6 is 11.8 Å². The van der Waals surface area contributed by atoms with Crippen molar-refractivity contribution in [1.29, 1.82) is 5.41 Å². The molecule has 0 heterocycles. The molecule has 82 valence electrons. The van der Waals surface area contributed by atoms with Crippen molar-refractivity contribution in [2.75, 3.05) is 0 Å². The number of rotatable bonds is 1. The van der Waals surface area contributed by atoms with Crippen LogP contribution in [0, 0.1) is 5.41 Å². The number of hydrogen-bond donors (Lipinski definition) is 2. The highest BCUT2D eigenvalue weighted by Gasteiger charge is 2.17. The Hall–Kier alpha value is -0.710. The summed E-state index contributed by atoms with van der Waals surface area (Å²) >= 11 is 1.28. The molecule has 1 amide bonds. The lowest BCUT2D eigenvalue weighted by Crippen LogP contribution is -2.35. The van der Waals surface area contributed by atoms with Crippen LogP contribution < -0.4 is 5.32 Å². The Morgan fingerprint density at radius 1 is 1.43 bits per heavy atom. The molecule has 0 saturated carbocycles. The predicted octanol–water partition coefficient (Wildman–Crippen LogP) is 2.59. The van der Waals surface area contributed by atoms with E-state index >= 15 is 0 Å². The first kappa shape index (κ1) is 13.3. The van der Waals surface area contributed by atoms with Crippen molar-refractivity contribution in [2.45, 2.75) is 45.5 Å². The van der Waals surface area contributed by atoms with E-state index < -0.39 is 11.7 Å². The van der Waals surface area contributed by atoms with Crippen LogP contribution in [0.2, 0.25) is 0 Å². The van der Waals surface area contributed by atoms with Gasteiger partial charge in [-0.1, -0.05) is 25.6 Å². The molecule has 0 aliphatic carbocycles. The minimum atomic E-state index is -0.573. The number of amidine groups is 1. The third-order valence-corrected chi connectivity index (χ3v) is 1.78. The van der Waals surface area contributed by atoms with Crippen molar-refractivity contribution in [2.24, 2.45) is 0 Å². The molecule has 0 spiro atoms. The molecule has 0 aromatic rings. The maximum Gasteiger partial charge on any atom is 0.413 e. The molecule has 0 aromatic heterocycles. The molecule has 0 saturated heterocycles. The molecule has 0 atom stereocenters. The minimum Gasteiger partial charge on any atom is -0.444 e. The van der Waals surface area contributed by atoms with Crippen molar-refractivity contribution < 1.29 is 9.53 Å². The van der Waals surface area contributed by atoms with E-state index in [1.54, 1.807) is 20.8 Å². The molecular formula is C9H18N2O2S. The zero-order chi connectivity index (χ0) is 11.4. The number of amides is 1. The fourth-order valence-corrected chi connectivity index (χ4v) is 1.28. The Bertz CT molecular complexity index is 221. The standard InChI is InChI=1S/C9H18N2O2S/c1-6(2)14-7(10)11-8(12)13-9(3,4)5/h6H,1-5H3,(H2,10,11,12). The van der Waals surface area contributed by atoms with E-state index in [4.69, 9.17) is 10.1 Å². The van der Waals surface area contributed by atoms with Gasteiger partial charge in [-0.2, -0.15) is 0 Å². The summed E-state index contributed by atoms with van der Waals surface area (Å²) in [6.07, 6.45) is -0.573. The van der Waals surface area contributed by atoms with E-state index in [0.717, 1.165) is 0 Å². The Morgan fingerprint density at radius 3 is 2.29 bits per heavy atom. The average molecular weight is 218 g/mol. The minimum absolute atomic E-state index is 0.120. The highest BCUT2D eigenvalue weighted by atomic mass is 32.2. The third-order valence-electron chi connectivity index (χ3n) is 0.968. The lowest BCUT2D eigenvalue weighted by atomic mass is 10.2. The molecule has 0 aliphatic heterocycles. The van der Waals surface area contributed by atoms with E-state index in [2.05, 4.69) is 5.32 Å². The fourth-order valence-electron chi connectivity index (χ4n) is 0.661. The van der Waals surface area contributed by atoms with Gasteiger partial charge in [-0.25, -0.2) is 4.79 Å². The summed E-state index contributed by atoms with van der Waals surface area (Å²) < 4.78 is 4.99. The normalized spacial score (nSPS) is 11.3. The number of thioether (sulfide) groups is 1. The van der Waals surface area contributed by atoms with E-state index in [0.29, 0.717) is 0 Å². The molecular weight excluding hydrogens is 200 g/mol. The molecule has 0 radical (unpaired) electrons. The van der Waals surface area contributed by atoms with Crippen molar-refractivity contribution >= 4 is 23.0 Å². The number of hydrogen-bond acceptors (Lipinski definition) is 4. The van der Waals surface area contributed by atoms with Crippen molar-refractivity contribution in [3.63, 3.8) is 0 Å². The molecule has 5 heteroatoms. The van der Waals surface area contributed by atoms with Gasteiger partial charge >= 0.3 is 6.09 Å². The van der Waals surface area contributed by atoms with Gasteiger partial charge in [0.15, 0.2) is 5.17 Å². The maximum absolute atomic E-state index is 11.2. The van der Waals surface area contributed by atoms with E-state index in [9.17, 15) is 4.79 Å². The molecule has 4 nitrogen and oxygen atoms in total. The number of ether oxygens (including phenoxy) is 1. The summed E-state index contributed by atoms with van der Waals surface area (Å²) in [6, 6.07) is 0. The summed E-state index contributed by atoms with van der Waals surface area (Å²) in [5.41, 5.74) is -0.521. The zero-order valence-corrected chi connectivity index (χ0v) is 10.1. The van der Waals surface area contributed by atoms with Crippen LogP contribution in [-0.4, -0.2) is 22.1 Å². The van der Waals surface area contributed by atoms with Gasteiger partial charge in [-0.3, -0.25) is 10.7 Å². The number of nitrogens with one attached hydrogen (secondary N) is 2. The second kappa shape index (κ2) is 5.24. The number of carbonyl (C=O) groups is 1. The maximum atomic E-state index is 11.2. The smallest absolute Gasteiger partial charge is 0.413 e. The molecule has 0 unspecified atom stereocenters. The van der Waals surface area contributed by atoms with Gasteiger partial charge in [-0.15, -0.1) is 0 Å². The molecule has 0 aliphatic rings. The van der Waals surface area contributed by atoms with Gasteiger partial charge < -0.3 is 4.74 Å². The van der Waals surface area contributed by atoms with Crippen LogP contribution in [-0.2, 0) is 4.74 Å². The quantitative estimate of drug-likeness (QED) is 0.525. The monoisotopic (exact) mass is 218 g/mol. The lowest BCUT2D eigenvalue weighted by Gasteiger charge is -2.19. The Kier molecular flexibility index (Phi) is 4.97. The molecule has 0 aromatic carbocycles. The van der Waals surface area contributed by atoms with Crippen LogP contribution in [0.1, 0.15) is 34.6 Å². The molecule has 0 rings (SSSR count). The van der Waals surface area contributed by atoms with Gasteiger partial charge in [0.25, 0.3) is 0 Å². The van der Waals surface area contributed by atoms with Crippen molar-refractivity contribution in [3.8, 4) is 0 Å². The van der Waals surface area contributed by atoms with E-state index in [1.807, 2.05) is 13.8 Å². The topological polar surface area (TPSA) is 62.2 Å². The largest absolute Gasteiger partial charge is 0.444 e. The second-order valence-corrected chi connectivity index (χ2v) is 5.71. The highest BCUT2D eigenvalue weighted by Crippen LogP contribution is 2.10. The van der Waals surface area contributed by atoms with Crippen molar-refractivity contribution in [1.82, 2.24) is 5.32 Å². The first-order valence-electron chi connectivity index (χ1n) is 4.46. The van der Waals surface area contributed by atoms with Gasteiger partial charge in [0.05, 0.1) is 0 Å². The number of carbonyl (C=O) groups excluding carboxylic acids is 1. The van der Waals surface area contributed by atoms with Crippen LogP contribution in [0.3, 0.4) is 0 Å². The third kappa shape index (κ3) is 7.91. The van der Waals surface area contributed by atoms with Crippen molar-refractivity contribution in [3.05, 3.63) is 0 Å². The first-order valence-corrected chi connectivity index (χ1v) is 5.34. The van der Waals surface area contributed by atoms with Crippen LogP contribution in [0.15, 0.2) is 0 Å². The van der Waals surface area contributed by atoms with Crippen LogP contribution in [0.4, 0.5) is 4.79 Å². The fraction of sp³-hybridized carbons (Fsp3) is 0.778. The lowest BCUT2D eigenvalue weighted by molar-refractivity contribution is 0.0564. The van der Waals surface area contributed by atoms with E-state index in [-0.39, 0.29) is 10.4 Å². The summed E-state index contributed by atoms with van der Waals surface area (Å²) in [6.45, 7) is 9.26. The van der Waals surface area contributed by atoms with E-state index in [1.165, 1.54) is 11.8 Å². The van der Waals surface area contributed by atoms with Gasteiger partial charge in [0.1, 0.15) is 5.60 Å². The molecule has 0 fully saturated rings. The Labute approximate surface area is 89.3 Å². The number of alkyl carbamates (subject to hydrolysis) is 1. The first-order chi connectivity index (χ1) is 6.20. The SMILES string of the molecule is CC(C)SC(=N)NC(=O)OC(C)(C)C. The van der Waals surface area contributed by atoms with Gasteiger partial charge in [-0.05, 0) is 20.8 Å². The van der Waals surface area contributed by atoms with Gasteiger partial charge in [0.2, 0.25) is 0 Å². The zero-order valence-electron chi connectivity index (χ0n) is 9.30. The summed E-state index contributed by atoms with van der Waals surface area (Å²) in [5, 5.41) is 10.2. The average Bonchev–Trinajstić information content (AvgIpc) is 1.77. The molecule has 2 N–H and O–H groups in total. The predicted molar refractivity (Wildman–Crippen MR) is 59.8 cm³/mol. The van der Waals surface area contributed by atoms with Crippen LogP contribution in [0.5, 0.6) is 0 Å². The molecule has 0 bridgehead atoms. The summed E-state index contributed by atoms with van der Waals surface area (Å²) in [5.74, 6) is 0. The second-order valence-electron chi connectivity index (χ2n) is 4.12. The van der Waals surface area contributed by atoms with Crippen LogP contribution in [0.25, 0.3) is 0 Å². The Balaban J connectivity index is 3.90. The summed E-state index contributed by atoms with van der Waals surface area (Å²) in [7, 11) is 0. The Morgan fingerprint density at radius 2 is 1.93 bits per heavy atom. The van der Waals surface area contributed by atoms with Gasteiger partial charge in [0, 0.05) is 5.25 Å². The highest BCUT2D eigenvalue weighted by molar-refractivity contribution is 8.14. The summed E-state index contributed by atoms with van der Waals surface area (Å²) in [4.78, 5) is 11.2. The molecule has 14 heavy (non-hydrogen) atoms.